The predicted octanol–water partition coefficient (Wildman–Crippen LogP) is 2.81. The summed E-state index contributed by atoms with van der Waals surface area (Å²) in [7, 11) is 0. The minimum Gasteiger partial charge on any atom is -0.475 e. The molecule has 3 saturated heterocycles. The number of carbonyl (C=O) groups excluding carboxylic acids is 1. The largest absolute Gasteiger partial charge is 0.490 e. The Balaban J connectivity index is 0.000000286. The van der Waals surface area contributed by atoms with Crippen LogP contribution in [0.1, 0.15) is 25.3 Å². The summed E-state index contributed by atoms with van der Waals surface area (Å²) in [5.41, 5.74) is 0.940. The Bertz CT molecular complexity index is 915. The van der Waals surface area contributed by atoms with Crippen molar-refractivity contribution in [2.24, 2.45) is 11.3 Å². The van der Waals surface area contributed by atoms with Gasteiger partial charge in [-0.2, -0.15) is 26.3 Å². The SMILES string of the molecule is C[C@@H]1CN(C2CCOC2)C[C@]12CCN(Cc1cccnc1)C2=O.O=C(O)C(F)(F)F.O=C(O)C(F)(F)F. The highest BCUT2D eigenvalue weighted by molar-refractivity contribution is 5.86. The molecule has 1 spiro atoms. The Morgan fingerprint density at radius 1 is 1.16 bits per heavy atom. The van der Waals surface area contributed by atoms with Gasteiger partial charge in [0.1, 0.15) is 0 Å². The molecule has 0 radical (unpaired) electrons. The fourth-order valence-corrected chi connectivity index (χ4v) is 4.52. The van der Waals surface area contributed by atoms with E-state index in [0.717, 1.165) is 51.3 Å². The van der Waals surface area contributed by atoms with Crippen molar-refractivity contribution < 1.29 is 55.7 Å². The smallest absolute Gasteiger partial charge is 0.475 e. The van der Waals surface area contributed by atoms with Crippen LogP contribution < -0.4 is 0 Å². The van der Waals surface area contributed by atoms with Gasteiger partial charge in [0.25, 0.3) is 0 Å². The number of ether oxygens (including phenoxy) is 1. The van der Waals surface area contributed by atoms with Gasteiger partial charge in [0.2, 0.25) is 5.91 Å². The molecule has 15 heteroatoms. The maximum atomic E-state index is 13.2. The van der Waals surface area contributed by atoms with Crippen LogP contribution in [0.3, 0.4) is 0 Å². The van der Waals surface area contributed by atoms with Crippen molar-refractivity contribution >= 4 is 17.8 Å². The second-order valence-electron chi connectivity index (χ2n) is 8.95. The number of carboxylic acid groups (broad SMARTS) is 2. The van der Waals surface area contributed by atoms with Crippen LogP contribution in [-0.2, 0) is 25.7 Å². The molecule has 3 aliphatic rings. The number of rotatable bonds is 3. The molecule has 0 aliphatic carbocycles. The van der Waals surface area contributed by atoms with Crippen molar-refractivity contribution in [1.82, 2.24) is 14.8 Å². The number of halogens is 6. The average Bonchev–Trinajstić information content (AvgIpc) is 3.51. The molecular formula is C22H27F6N3O6. The maximum absolute atomic E-state index is 13.2. The van der Waals surface area contributed by atoms with Gasteiger partial charge in [0, 0.05) is 51.2 Å². The zero-order chi connectivity index (χ0) is 28.0. The molecule has 0 aromatic carbocycles. The van der Waals surface area contributed by atoms with E-state index in [4.69, 9.17) is 24.5 Å². The predicted molar refractivity (Wildman–Crippen MR) is 114 cm³/mol. The molecule has 1 amide bonds. The molecule has 0 bridgehead atoms. The molecule has 2 N–H and O–H groups in total. The Morgan fingerprint density at radius 2 is 1.76 bits per heavy atom. The number of amides is 1. The molecule has 208 valence electrons. The number of aliphatic carboxylic acids is 2. The van der Waals surface area contributed by atoms with Gasteiger partial charge in [-0.15, -0.1) is 0 Å². The van der Waals surface area contributed by atoms with Crippen LogP contribution in [-0.4, -0.2) is 94.1 Å². The lowest BCUT2D eigenvalue weighted by molar-refractivity contribution is -0.193. The van der Waals surface area contributed by atoms with Crippen LogP contribution in [0, 0.1) is 11.3 Å². The normalized spacial score (nSPS) is 25.9. The second kappa shape index (κ2) is 12.1. The van der Waals surface area contributed by atoms with E-state index < -0.39 is 24.3 Å². The summed E-state index contributed by atoms with van der Waals surface area (Å²) in [5, 5.41) is 14.2. The zero-order valence-corrected chi connectivity index (χ0v) is 19.8. The van der Waals surface area contributed by atoms with Crippen molar-refractivity contribution in [2.45, 2.75) is 44.7 Å². The summed E-state index contributed by atoms with van der Waals surface area (Å²) < 4.78 is 69.0. The number of hydrogen-bond acceptors (Lipinski definition) is 6. The molecule has 3 aliphatic heterocycles. The molecule has 3 atom stereocenters. The highest BCUT2D eigenvalue weighted by Gasteiger charge is 2.55. The highest BCUT2D eigenvalue weighted by Crippen LogP contribution is 2.46. The lowest BCUT2D eigenvalue weighted by Gasteiger charge is -2.28. The summed E-state index contributed by atoms with van der Waals surface area (Å²) in [6, 6.07) is 4.49. The van der Waals surface area contributed by atoms with E-state index >= 15 is 0 Å². The lowest BCUT2D eigenvalue weighted by Crippen LogP contribution is -2.41. The van der Waals surface area contributed by atoms with Crippen LogP contribution in [0.15, 0.2) is 24.5 Å². The van der Waals surface area contributed by atoms with Crippen molar-refractivity contribution in [3.8, 4) is 0 Å². The minimum atomic E-state index is -5.08. The van der Waals surface area contributed by atoms with Crippen molar-refractivity contribution in [2.75, 3.05) is 32.8 Å². The second-order valence-corrected chi connectivity index (χ2v) is 8.95. The van der Waals surface area contributed by atoms with Gasteiger partial charge in [0.15, 0.2) is 0 Å². The van der Waals surface area contributed by atoms with Gasteiger partial charge in [-0.1, -0.05) is 13.0 Å². The van der Waals surface area contributed by atoms with Gasteiger partial charge in [-0.3, -0.25) is 14.7 Å². The first-order valence-corrected chi connectivity index (χ1v) is 11.2. The Labute approximate surface area is 208 Å². The molecule has 4 heterocycles. The van der Waals surface area contributed by atoms with Gasteiger partial charge >= 0.3 is 24.3 Å². The van der Waals surface area contributed by atoms with E-state index in [-0.39, 0.29) is 5.41 Å². The quantitative estimate of drug-likeness (QED) is 0.559. The highest BCUT2D eigenvalue weighted by atomic mass is 19.4. The monoisotopic (exact) mass is 543 g/mol. The van der Waals surface area contributed by atoms with Gasteiger partial charge in [-0.25, -0.2) is 9.59 Å². The van der Waals surface area contributed by atoms with E-state index in [1.165, 1.54) is 0 Å². The number of alkyl halides is 6. The number of pyridine rings is 1. The number of hydrogen-bond donors (Lipinski definition) is 2. The van der Waals surface area contributed by atoms with E-state index in [1.807, 2.05) is 23.2 Å². The van der Waals surface area contributed by atoms with Crippen molar-refractivity contribution in [3.63, 3.8) is 0 Å². The average molecular weight is 543 g/mol. The van der Waals surface area contributed by atoms with Gasteiger partial charge in [0.05, 0.1) is 12.0 Å². The lowest BCUT2D eigenvalue weighted by atomic mass is 9.78. The first-order chi connectivity index (χ1) is 17.1. The molecule has 37 heavy (non-hydrogen) atoms. The molecular weight excluding hydrogens is 516 g/mol. The number of nitrogens with zero attached hydrogens (tertiary/aromatic N) is 3. The summed E-state index contributed by atoms with van der Waals surface area (Å²) in [4.78, 5) is 39.6. The van der Waals surface area contributed by atoms with Crippen LogP contribution in [0.5, 0.6) is 0 Å². The molecule has 4 rings (SSSR count). The molecule has 0 saturated carbocycles. The van der Waals surface area contributed by atoms with Crippen LogP contribution in [0.2, 0.25) is 0 Å². The Kier molecular flexibility index (Phi) is 9.88. The summed E-state index contributed by atoms with van der Waals surface area (Å²) in [6.45, 7) is 7.44. The number of likely N-dealkylation sites (tertiary alicyclic amines) is 2. The first kappa shape index (κ1) is 30.3. The van der Waals surface area contributed by atoms with E-state index in [1.54, 1.807) is 6.20 Å². The molecule has 1 aromatic rings. The first-order valence-electron chi connectivity index (χ1n) is 11.2. The Hall–Kier alpha value is -2.94. The molecule has 1 unspecified atom stereocenters. The summed E-state index contributed by atoms with van der Waals surface area (Å²) in [6.07, 6.45) is -4.44. The van der Waals surface area contributed by atoms with Crippen LogP contribution >= 0.6 is 0 Å². The standard InChI is InChI=1S/C18H25N3O2.2C2HF3O2/c1-14-10-21(16-4-8-23-12-16)13-18(14)5-7-20(17(18)22)11-15-3-2-6-19-9-15;2*3-2(4,5)1(6)7/h2-3,6,9,14,16H,4-5,7-8,10-13H2,1H3;2*(H,6,7)/t14-,16?,18-;;/m1../s1. The van der Waals surface area contributed by atoms with Crippen LogP contribution in [0.4, 0.5) is 26.3 Å². The third kappa shape index (κ3) is 8.02. The number of carbonyl (C=O) groups is 3. The van der Waals surface area contributed by atoms with E-state index in [9.17, 15) is 31.1 Å². The summed E-state index contributed by atoms with van der Waals surface area (Å²) >= 11 is 0. The molecule has 3 fully saturated rings. The van der Waals surface area contributed by atoms with Gasteiger partial charge in [-0.05, 0) is 30.4 Å². The van der Waals surface area contributed by atoms with Crippen molar-refractivity contribution in [3.05, 3.63) is 30.1 Å². The van der Waals surface area contributed by atoms with E-state index in [0.29, 0.717) is 24.4 Å². The third-order valence-electron chi connectivity index (χ3n) is 6.48. The van der Waals surface area contributed by atoms with Crippen molar-refractivity contribution in [1.29, 1.82) is 0 Å². The topological polar surface area (TPSA) is 120 Å². The zero-order valence-electron chi connectivity index (χ0n) is 19.8. The fourth-order valence-electron chi connectivity index (χ4n) is 4.52. The van der Waals surface area contributed by atoms with E-state index in [2.05, 4.69) is 16.8 Å². The maximum Gasteiger partial charge on any atom is 0.490 e. The molecule has 1 aromatic heterocycles. The Morgan fingerprint density at radius 3 is 2.22 bits per heavy atom. The number of aromatic nitrogens is 1. The summed E-state index contributed by atoms with van der Waals surface area (Å²) in [5.74, 6) is -4.75. The van der Waals surface area contributed by atoms with Gasteiger partial charge < -0.3 is 19.8 Å². The fraction of sp³-hybridized carbons (Fsp3) is 0.636. The number of carboxylic acids is 2. The van der Waals surface area contributed by atoms with Crippen LogP contribution in [0.25, 0.3) is 0 Å². The minimum absolute atomic E-state index is 0.176. The molecule has 9 nitrogen and oxygen atoms in total. The third-order valence-corrected chi connectivity index (χ3v) is 6.48.